The summed E-state index contributed by atoms with van der Waals surface area (Å²) < 4.78 is 163. The Morgan fingerprint density at radius 2 is 1.25 bits per heavy atom. The Morgan fingerprint density at radius 3 is 1.69 bits per heavy atom. The molecule has 1 unspecified atom stereocenters. The van der Waals surface area contributed by atoms with Crippen LogP contribution < -0.4 is 0 Å². The Morgan fingerprint density at radius 1 is 0.719 bits per heavy atom. The number of aryl methyl sites for hydroxylation is 1. The molecule has 0 N–H and O–H groups in total. The number of alkyl halides is 12. The van der Waals surface area contributed by atoms with E-state index in [1.165, 1.54) is 6.92 Å². The summed E-state index contributed by atoms with van der Waals surface area (Å²) in [6.45, 7) is 1.27. The second-order valence-electron chi connectivity index (χ2n) is 6.63. The molecule has 2 aromatic carbocycles. The minimum Gasteiger partial charge on any atom is -0.221 e. The number of hydrogen-bond acceptors (Lipinski definition) is 0. The molecule has 2 rings (SSSR count). The molecule has 0 amide bonds. The second-order valence-corrected chi connectivity index (χ2v) is 7.48. The van der Waals surface area contributed by atoms with Crippen LogP contribution in [0, 0.1) is 0 Å². The molecule has 0 aromatic heterocycles. The summed E-state index contributed by atoms with van der Waals surface area (Å²) in [4.78, 5) is 0. The van der Waals surface area contributed by atoms with Gasteiger partial charge in [0.05, 0.1) is 5.56 Å². The van der Waals surface area contributed by atoms with E-state index in [0.29, 0.717) is 12.1 Å². The summed E-state index contributed by atoms with van der Waals surface area (Å²) in [7, 11) is 0. The molecular weight excluding hydrogens is 536 g/mol. The molecule has 0 saturated heterocycles. The first-order valence-corrected chi connectivity index (χ1v) is 9.29. The van der Waals surface area contributed by atoms with Gasteiger partial charge in [-0.05, 0) is 29.7 Å². The first-order chi connectivity index (χ1) is 14.3. The summed E-state index contributed by atoms with van der Waals surface area (Å²) in [5, 5.41) is 0. The van der Waals surface area contributed by atoms with Gasteiger partial charge in [0.1, 0.15) is 0 Å². The lowest BCUT2D eigenvalue weighted by molar-refractivity contribution is -0.389. The zero-order valence-electron chi connectivity index (χ0n) is 15.6. The molecule has 178 valence electrons. The highest BCUT2D eigenvalue weighted by Crippen LogP contribution is 2.60. The minimum absolute atomic E-state index is 0.0698. The Kier molecular flexibility index (Phi) is 6.70. The molecule has 0 heterocycles. The Balaban J connectivity index is 3.13. The van der Waals surface area contributed by atoms with Crippen LogP contribution in [0.4, 0.5) is 52.7 Å². The van der Waals surface area contributed by atoms with E-state index < -0.39 is 56.8 Å². The molecule has 2 aromatic rings. The second kappa shape index (κ2) is 8.14. The van der Waals surface area contributed by atoms with Gasteiger partial charge in [0.25, 0.3) is 0 Å². The van der Waals surface area contributed by atoms with Crippen LogP contribution in [-0.2, 0) is 18.3 Å². The van der Waals surface area contributed by atoms with Gasteiger partial charge >= 0.3 is 30.1 Å². The quantitative estimate of drug-likeness (QED) is 0.337. The normalized spacial score (nSPS) is 15.6. The summed E-state index contributed by atoms with van der Waals surface area (Å²) in [6.07, 6.45) is -19.4. The van der Waals surface area contributed by atoms with Crippen LogP contribution in [-0.4, -0.2) is 18.3 Å². The van der Waals surface area contributed by atoms with Gasteiger partial charge in [-0.15, -0.1) is 0 Å². The zero-order chi connectivity index (χ0) is 24.9. The lowest BCUT2D eigenvalue weighted by atomic mass is 9.80. The Labute approximate surface area is 181 Å². The average Bonchev–Trinajstić information content (AvgIpc) is 2.64. The fraction of sp³-hybridized carbons (Fsp3) is 0.368. The molecule has 0 radical (unpaired) electrons. The summed E-state index contributed by atoms with van der Waals surface area (Å²) in [5.41, 5.74) is -13.3. The lowest BCUT2D eigenvalue weighted by Gasteiger charge is -2.37. The summed E-state index contributed by atoms with van der Waals surface area (Å²) in [6, 6.07) is 3.59. The van der Waals surface area contributed by atoms with Crippen LogP contribution in [0.25, 0.3) is 11.1 Å². The van der Waals surface area contributed by atoms with Crippen molar-refractivity contribution in [2.24, 2.45) is 0 Å². The molecule has 0 bridgehead atoms. The maximum absolute atomic E-state index is 15.3. The van der Waals surface area contributed by atoms with E-state index in [1.54, 1.807) is 0 Å². The van der Waals surface area contributed by atoms with E-state index in [-0.39, 0.29) is 18.1 Å². The third kappa shape index (κ3) is 4.19. The molecule has 0 nitrogen and oxygen atoms in total. The summed E-state index contributed by atoms with van der Waals surface area (Å²) in [5.74, 6) is -7.04. The van der Waals surface area contributed by atoms with E-state index in [4.69, 9.17) is 0 Å². The van der Waals surface area contributed by atoms with Crippen molar-refractivity contribution in [3.63, 3.8) is 0 Å². The van der Waals surface area contributed by atoms with Crippen molar-refractivity contribution in [3.05, 3.63) is 57.6 Å². The van der Waals surface area contributed by atoms with Gasteiger partial charge in [-0.2, -0.15) is 48.3 Å². The molecule has 13 heteroatoms. The molecule has 0 saturated carbocycles. The molecule has 1 atom stereocenters. The zero-order valence-corrected chi connectivity index (χ0v) is 17.2. The topological polar surface area (TPSA) is 0 Å². The van der Waals surface area contributed by atoms with Crippen molar-refractivity contribution in [1.82, 2.24) is 0 Å². The number of halogens is 13. The summed E-state index contributed by atoms with van der Waals surface area (Å²) >= 11 is 2.63. The van der Waals surface area contributed by atoms with Crippen LogP contribution in [0.5, 0.6) is 0 Å². The van der Waals surface area contributed by atoms with Crippen LogP contribution in [0.1, 0.15) is 23.6 Å². The highest BCUT2D eigenvalue weighted by molar-refractivity contribution is 9.10. The maximum Gasteiger partial charge on any atom is 0.457 e. The number of hydrogen-bond donors (Lipinski definition) is 0. The smallest absolute Gasteiger partial charge is 0.221 e. The van der Waals surface area contributed by atoms with Gasteiger partial charge < -0.3 is 0 Å². The fourth-order valence-corrected chi connectivity index (χ4v) is 3.78. The molecule has 0 aliphatic rings. The van der Waals surface area contributed by atoms with Gasteiger partial charge in [-0.1, -0.05) is 47.1 Å². The van der Waals surface area contributed by atoms with Crippen molar-refractivity contribution in [2.75, 3.05) is 0 Å². The van der Waals surface area contributed by atoms with Crippen molar-refractivity contribution >= 4 is 15.9 Å². The third-order valence-electron chi connectivity index (χ3n) is 4.61. The van der Waals surface area contributed by atoms with E-state index >= 15 is 4.39 Å². The fourth-order valence-electron chi connectivity index (χ4n) is 3.06. The van der Waals surface area contributed by atoms with Crippen LogP contribution in [0.15, 0.2) is 40.9 Å². The molecule has 0 aliphatic carbocycles. The van der Waals surface area contributed by atoms with Gasteiger partial charge in [-0.25, -0.2) is 4.39 Å². The molecule has 0 fully saturated rings. The number of rotatable bonds is 4. The van der Waals surface area contributed by atoms with Gasteiger partial charge in [0.2, 0.25) is 0 Å². The predicted molar refractivity (Wildman–Crippen MR) is 93.8 cm³/mol. The first kappa shape index (κ1) is 26.3. The van der Waals surface area contributed by atoms with Crippen LogP contribution in [0.3, 0.4) is 0 Å². The molecule has 0 aliphatic heterocycles. The third-order valence-corrected chi connectivity index (χ3v) is 5.24. The molecule has 0 spiro atoms. The van der Waals surface area contributed by atoms with E-state index in [0.717, 1.165) is 18.2 Å². The highest BCUT2D eigenvalue weighted by atomic mass is 79.9. The Hall–Kier alpha value is -1.92. The maximum atomic E-state index is 15.3. The standard InChI is InChI=1S/C19H11BrF12/c1-2-9-7-12(15(21,18(27,28)29)17(25,26)19(30,31)32)14(13(20)8-9)10-5-3-4-6-11(10)16(22,23)24/h3-8H,2H2,1H3. The number of benzene rings is 2. The van der Waals surface area contributed by atoms with Crippen LogP contribution >= 0.6 is 15.9 Å². The van der Waals surface area contributed by atoms with Gasteiger partial charge in [0.15, 0.2) is 0 Å². The van der Waals surface area contributed by atoms with E-state index in [1.807, 2.05) is 0 Å². The SMILES string of the molecule is CCc1cc(Br)c(-c2ccccc2C(F)(F)F)c(C(F)(C(F)(F)F)C(F)(F)C(F)(F)F)c1. The van der Waals surface area contributed by atoms with E-state index in [2.05, 4.69) is 15.9 Å². The van der Waals surface area contributed by atoms with Crippen LogP contribution in [0.2, 0.25) is 0 Å². The van der Waals surface area contributed by atoms with E-state index in [9.17, 15) is 48.3 Å². The van der Waals surface area contributed by atoms with Crippen molar-refractivity contribution in [3.8, 4) is 11.1 Å². The largest absolute Gasteiger partial charge is 0.457 e. The van der Waals surface area contributed by atoms with Gasteiger partial charge in [-0.3, -0.25) is 0 Å². The minimum atomic E-state index is -7.04. The van der Waals surface area contributed by atoms with Crippen molar-refractivity contribution in [1.29, 1.82) is 0 Å². The van der Waals surface area contributed by atoms with Gasteiger partial charge in [0, 0.05) is 15.6 Å². The predicted octanol–water partition coefficient (Wildman–Crippen LogP) is 8.62. The molecular formula is C19H11BrF12. The first-order valence-electron chi connectivity index (χ1n) is 8.50. The Bertz CT molecular complexity index is 987. The lowest BCUT2D eigenvalue weighted by Crippen LogP contribution is -2.60. The van der Waals surface area contributed by atoms with Crippen molar-refractivity contribution < 1.29 is 52.7 Å². The monoisotopic (exact) mass is 546 g/mol. The average molecular weight is 547 g/mol. The van der Waals surface area contributed by atoms with Crippen molar-refractivity contribution in [2.45, 2.75) is 43.5 Å². The molecule has 32 heavy (non-hydrogen) atoms. The highest BCUT2D eigenvalue weighted by Gasteiger charge is 2.82.